The highest BCUT2D eigenvalue weighted by Gasteiger charge is 2.22. The number of carbonyl (C=O) groups is 2. The standard InChI is InChI=1S/C82H136NO8P/c1-6-8-10-12-14-16-18-20-22-24-26-28-30-32-34-36-37-38-39-40-41-42-43-44-45-47-49-51-53-55-57-59-61-63-65-67-69-71-73-75-82(85)91-80(79-90-92(86,87)89-77-76-83(3,4)5)78-88-81(84)74-72-70-68-66-64-62-60-58-56-54-52-50-48-46-35-33-31-29-27-25-23-21-19-17-15-13-11-9-7-2/h8-11,14-17,20-23,26-29,32-35,37-38,40-41,48,50,54,56,80H,6-7,12-13,18-19,24-25,30-31,36,39,42-47,49,51-53,55,57-79H2,1-5H3/b10-8-,11-9-,16-14-,17-15-,22-20-,23-21-,28-26-,29-27-,34-32-,35-33-,38-37-,41-40-,50-48-,56-54-. The Labute approximate surface area is 566 Å². The van der Waals surface area contributed by atoms with Crippen molar-refractivity contribution in [3.8, 4) is 0 Å². The van der Waals surface area contributed by atoms with Crippen LogP contribution in [0.25, 0.3) is 0 Å². The molecular weight excluding hydrogens is 1160 g/mol. The predicted octanol–water partition coefficient (Wildman–Crippen LogP) is 23.9. The van der Waals surface area contributed by atoms with E-state index in [1.165, 1.54) is 109 Å². The molecule has 0 aliphatic heterocycles. The largest absolute Gasteiger partial charge is 0.756 e. The normalized spacial score (nSPS) is 14.1. The highest BCUT2D eigenvalue weighted by atomic mass is 31.2. The molecule has 0 radical (unpaired) electrons. The number of hydrogen-bond acceptors (Lipinski definition) is 8. The second-order valence-electron chi connectivity index (χ2n) is 25.2. The summed E-state index contributed by atoms with van der Waals surface area (Å²) in [7, 11) is 1.15. The van der Waals surface area contributed by atoms with Crippen LogP contribution in [0.15, 0.2) is 170 Å². The molecular formula is C82H136NO8P. The summed E-state index contributed by atoms with van der Waals surface area (Å²) in [5.74, 6) is -0.850. The molecule has 0 amide bonds. The first-order valence-corrected chi connectivity index (χ1v) is 38.3. The number of phosphoric ester groups is 1. The average Bonchev–Trinajstić information content (AvgIpc) is 2.14. The molecule has 0 saturated carbocycles. The van der Waals surface area contributed by atoms with Gasteiger partial charge in [0.2, 0.25) is 0 Å². The Morgan fingerprint density at radius 1 is 0.337 bits per heavy atom. The van der Waals surface area contributed by atoms with Crippen LogP contribution < -0.4 is 4.89 Å². The van der Waals surface area contributed by atoms with E-state index in [0.29, 0.717) is 23.9 Å². The number of likely N-dealkylation sites (N-methyl/N-ethyl adjacent to an activating group) is 1. The summed E-state index contributed by atoms with van der Waals surface area (Å²) in [6, 6.07) is 0. The Morgan fingerprint density at radius 2 is 0.587 bits per heavy atom. The number of allylic oxidation sites excluding steroid dienone is 28. The number of rotatable bonds is 66. The van der Waals surface area contributed by atoms with Crippen molar-refractivity contribution in [1.82, 2.24) is 0 Å². The summed E-state index contributed by atoms with van der Waals surface area (Å²) < 4.78 is 34.3. The van der Waals surface area contributed by atoms with Crippen molar-refractivity contribution in [2.24, 2.45) is 0 Å². The summed E-state index contributed by atoms with van der Waals surface area (Å²) in [5, 5.41) is 0. The maximum atomic E-state index is 12.9. The molecule has 522 valence electrons. The molecule has 0 fully saturated rings. The van der Waals surface area contributed by atoms with Crippen LogP contribution in [0.4, 0.5) is 0 Å². The summed E-state index contributed by atoms with van der Waals surface area (Å²) >= 11 is 0. The van der Waals surface area contributed by atoms with Gasteiger partial charge in [-0.1, -0.05) is 312 Å². The first kappa shape index (κ1) is 87.4. The lowest BCUT2D eigenvalue weighted by Gasteiger charge is -2.28. The van der Waals surface area contributed by atoms with Crippen LogP contribution in [-0.2, 0) is 32.7 Å². The number of carbonyl (C=O) groups excluding carboxylic acids is 2. The Morgan fingerprint density at radius 3 is 0.870 bits per heavy atom. The summed E-state index contributed by atoms with van der Waals surface area (Å²) in [4.78, 5) is 38.1. The number of ether oxygens (including phenoxy) is 2. The molecule has 0 aliphatic carbocycles. The number of phosphoric acid groups is 1. The van der Waals surface area contributed by atoms with E-state index >= 15 is 0 Å². The fraction of sp³-hybridized carbons (Fsp3) is 0.634. The Bertz CT molecular complexity index is 2160. The summed E-state index contributed by atoms with van der Waals surface area (Å²) in [6.45, 7) is 4.00. The van der Waals surface area contributed by atoms with Crippen molar-refractivity contribution < 1.29 is 42.1 Å². The van der Waals surface area contributed by atoms with Crippen molar-refractivity contribution in [1.29, 1.82) is 0 Å². The lowest BCUT2D eigenvalue weighted by Crippen LogP contribution is -2.37. The Balaban J connectivity index is 4.07. The van der Waals surface area contributed by atoms with E-state index in [0.717, 1.165) is 135 Å². The van der Waals surface area contributed by atoms with Gasteiger partial charge in [0.05, 0.1) is 27.7 Å². The SMILES string of the molecule is CC/C=C\C/C=C\C/C=C\C/C=C\C/C=C\C/C=C\C/C=C\CCCCCCCCCCCCCCCCCCCC(=O)OC(COC(=O)CCCCCCCCC/C=C\C/C=C\C/C=C\C/C=C\C/C=C\C/C=C\C/C=C\CC)COP(=O)([O-])OCC[N+](C)(C)C. The Hall–Kier alpha value is -4.63. The van der Waals surface area contributed by atoms with Crippen LogP contribution in [0.1, 0.15) is 284 Å². The predicted molar refractivity (Wildman–Crippen MR) is 396 cm³/mol. The van der Waals surface area contributed by atoms with E-state index in [9.17, 15) is 19.0 Å². The molecule has 10 heteroatoms. The fourth-order valence-electron chi connectivity index (χ4n) is 9.68. The van der Waals surface area contributed by atoms with Gasteiger partial charge in [-0.05, 0) is 128 Å². The van der Waals surface area contributed by atoms with Gasteiger partial charge >= 0.3 is 11.9 Å². The van der Waals surface area contributed by atoms with Crippen LogP contribution >= 0.6 is 7.82 Å². The lowest BCUT2D eigenvalue weighted by atomic mass is 10.0. The highest BCUT2D eigenvalue weighted by Crippen LogP contribution is 2.38. The number of esters is 2. The van der Waals surface area contributed by atoms with E-state index in [4.69, 9.17) is 18.5 Å². The van der Waals surface area contributed by atoms with Gasteiger partial charge in [-0.2, -0.15) is 0 Å². The fourth-order valence-corrected chi connectivity index (χ4v) is 10.4. The maximum absolute atomic E-state index is 12.9. The molecule has 0 spiro atoms. The molecule has 0 aliphatic rings. The van der Waals surface area contributed by atoms with Crippen molar-refractivity contribution in [3.63, 3.8) is 0 Å². The van der Waals surface area contributed by atoms with Crippen molar-refractivity contribution >= 4 is 19.8 Å². The van der Waals surface area contributed by atoms with Crippen molar-refractivity contribution in [2.45, 2.75) is 290 Å². The van der Waals surface area contributed by atoms with E-state index in [1.54, 1.807) is 0 Å². The van der Waals surface area contributed by atoms with Crippen LogP contribution in [-0.4, -0.2) is 70.0 Å². The van der Waals surface area contributed by atoms with Gasteiger partial charge in [0.15, 0.2) is 6.10 Å². The second-order valence-corrected chi connectivity index (χ2v) is 26.6. The molecule has 2 atom stereocenters. The number of nitrogens with zero attached hydrogens (tertiary/aromatic N) is 1. The number of hydrogen-bond donors (Lipinski definition) is 0. The van der Waals surface area contributed by atoms with Gasteiger partial charge in [0, 0.05) is 12.8 Å². The lowest BCUT2D eigenvalue weighted by molar-refractivity contribution is -0.870. The van der Waals surface area contributed by atoms with E-state index in [2.05, 4.69) is 184 Å². The minimum atomic E-state index is -4.66. The number of quaternary nitrogens is 1. The van der Waals surface area contributed by atoms with Crippen LogP contribution in [0.2, 0.25) is 0 Å². The van der Waals surface area contributed by atoms with Crippen molar-refractivity contribution in [3.05, 3.63) is 170 Å². The maximum Gasteiger partial charge on any atom is 0.306 e. The molecule has 0 aromatic carbocycles. The van der Waals surface area contributed by atoms with Crippen molar-refractivity contribution in [2.75, 3.05) is 47.5 Å². The molecule has 2 unspecified atom stereocenters. The van der Waals surface area contributed by atoms with Gasteiger partial charge in [-0.3, -0.25) is 14.2 Å². The molecule has 0 saturated heterocycles. The van der Waals surface area contributed by atoms with Crippen LogP contribution in [0.3, 0.4) is 0 Å². The molecule has 0 aromatic rings. The summed E-state index contributed by atoms with van der Waals surface area (Å²) in [5.41, 5.74) is 0. The monoisotopic (exact) mass is 1290 g/mol. The minimum absolute atomic E-state index is 0.0400. The quantitative estimate of drug-likeness (QED) is 0.0195. The topological polar surface area (TPSA) is 111 Å². The molecule has 9 nitrogen and oxygen atoms in total. The molecule has 0 heterocycles. The molecule has 0 rings (SSSR count). The number of unbranched alkanes of at least 4 members (excludes halogenated alkanes) is 24. The third-order valence-corrected chi connectivity index (χ3v) is 16.2. The highest BCUT2D eigenvalue weighted by molar-refractivity contribution is 7.45. The Kier molecular flexibility index (Phi) is 67.1. The van der Waals surface area contributed by atoms with Crippen LogP contribution in [0, 0.1) is 0 Å². The second kappa shape index (κ2) is 70.7. The van der Waals surface area contributed by atoms with Gasteiger partial charge < -0.3 is 27.9 Å². The minimum Gasteiger partial charge on any atom is -0.756 e. The zero-order chi connectivity index (χ0) is 66.9. The summed E-state index contributed by atoms with van der Waals surface area (Å²) in [6.07, 6.45) is 107. The zero-order valence-electron chi connectivity index (χ0n) is 59.4. The van der Waals surface area contributed by atoms with E-state index < -0.39 is 32.5 Å². The van der Waals surface area contributed by atoms with Gasteiger partial charge in [-0.15, -0.1) is 0 Å². The third kappa shape index (κ3) is 74.4. The molecule has 0 bridgehead atoms. The van der Waals surface area contributed by atoms with E-state index in [-0.39, 0.29) is 26.1 Å². The smallest absolute Gasteiger partial charge is 0.306 e. The molecule has 92 heavy (non-hydrogen) atoms. The molecule has 0 N–H and O–H groups in total. The van der Waals surface area contributed by atoms with Gasteiger partial charge in [0.25, 0.3) is 7.82 Å². The van der Waals surface area contributed by atoms with E-state index in [1.807, 2.05) is 21.1 Å². The van der Waals surface area contributed by atoms with Gasteiger partial charge in [0.1, 0.15) is 19.8 Å². The first-order chi connectivity index (χ1) is 45.0. The third-order valence-electron chi connectivity index (χ3n) is 15.2. The first-order valence-electron chi connectivity index (χ1n) is 36.8. The van der Waals surface area contributed by atoms with Crippen LogP contribution in [0.5, 0.6) is 0 Å². The molecule has 0 aromatic heterocycles. The zero-order valence-corrected chi connectivity index (χ0v) is 60.3. The average molecular weight is 1290 g/mol. The van der Waals surface area contributed by atoms with Gasteiger partial charge in [-0.25, -0.2) is 0 Å².